The number of benzene rings is 2. The summed E-state index contributed by atoms with van der Waals surface area (Å²) >= 11 is 1.02. The van der Waals surface area contributed by atoms with E-state index in [0.717, 1.165) is 17.3 Å². The van der Waals surface area contributed by atoms with Crippen LogP contribution in [0, 0.1) is 13.8 Å². The number of carbonyl (C=O) groups is 1. The highest BCUT2D eigenvalue weighted by atomic mass is 32.2. The number of anilines is 1. The lowest BCUT2D eigenvalue weighted by Crippen LogP contribution is -2.14. The lowest BCUT2D eigenvalue weighted by atomic mass is 10.1. The molecule has 8 nitrogen and oxygen atoms in total. The van der Waals surface area contributed by atoms with E-state index in [0.29, 0.717) is 33.3 Å². The van der Waals surface area contributed by atoms with Crippen LogP contribution in [-0.2, 0) is 14.8 Å². The van der Waals surface area contributed by atoms with Crippen LogP contribution in [0.1, 0.15) is 28.6 Å². The van der Waals surface area contributed by atoms with Crippen molar-refractivity contribution in [1.29, 1.82) is 0 Å². The largest absolute Gasteiger partial charge is 0.460 e. The monoisotopic (exact) mass is 431 g/mol. The van der Waals surface area contributed by atoms with Crippen LogP contribution in [0.25, 0.3) is 22.0 Å². The summed E-state index contributed by atoms with van der Waals surface area (Å²) in [6, 6.07) is 8.02. The van der Waals surface area contributed by atoms with E-state index in [1.807, 2.05) is 0 Å². The third kappa shape index (κ3) is 3.34. The SMILES string of the molecule is CCOC(=O)c1oc2ccc(S(=O)(=O)Nc3c(C)ccc4nsnc34)cc2c1C. The molecule has 0 radical (unpaired) electrons. The van der Waals surface area contributed by atoms with Crippen LogP contribution in [0.2, 0.25) is 0 Å². The fourth-order valence-electron chi connectivity index (χ4n) is 3.03. The number of nitrogens with one attached hydrogen (secondary N) is 1. The number of esters is 1. The summed E-state index contributed by atoms with van der Waals surface area (Å²) in [6.45, 7) is 5.40. The van der Waals surface area contributed by atoms with Crippen molar-refractivity contribution in [2.45, 2.75) is 25.7 Å². The highest BCUT2D eigenvalue weighted by Crippen LogP contribution is 2.31. The van der Waals surface area contributed by atoms with Crippen molar-refractivity contribution in [3.8, 4) is 0 Å². The lowest BCUT2D eigenvalue weighted by molar-refractivity contribution is 0.0491. The Bertz CT molecular complexity index is 1360. The average molecular weight is 431 g/mol. The molecular weight excluding hydrogens is 414 g/mol. The van der Waals surface area contributed by atoms with Crippen molar-refractivity contribution in [3.05, 3.63) is 47.2 Å². The molecule has 0 spiro atoms. The zero-order valence-electron chi connectivity index (χ0n) is 15.8. The summed E-state index contributed by atoms with van der Waals surface area (Å²) in [7, 11) is -3.91. The minimum absolute atomic E-state index is 0.0453. The van der Waals surface area contributed by atoms with Crippen molar-refractivity contribution in [2.75, 3.05) is 11.3 Å². The maximum Gasteiger partial charge on any atom is 0.374 e. The highest BCUT2D eigenvalue weighted by Gasteiger charge is 2.23. The molecule has 2 aromatic heterocycles. The number of fused-ring (bicyclic) bond motifs is 2. The van der Waals surface area contributed by atoms with Crippen molar-refractivity contribution >= 4 is 55.4 Å². The van der Waals surface area contributed by atoms with E-state index in [2.05, 4.69) is 13.5 Å². The van der Waals surface area contributed by atoms with E-state index in [1.54, 1.807) is 32.9 Å². The number of hydrogen-bond donors (Lipinski definition) is 1. The van der Waals surface area contributed by atoms with Crippen molar-refractivity contribution in [2.24, 2.45) is 0 Å². The van der Waals surface area contributed by atoms with Crippen LogP contribution in [0.5, 0.6) is 0 Å². The summed E-state index contributed by atoms with van der Waals surface area (Å²) in [6.07, 6.45) is 0. The zero-order chi connectivity index (χ0) is 20.8. The molecular formula is C19H17N3O5S2. The molecule has 2 heterocycles. The molecule has 4 aromatic rings. The third-order valence-corrected chi connectivity index (χ3v) is 6.44. The summed E-state index contributed by atoms with van der Waals surface area (Å²) in [4.78, 5) is 12.1. The predicted octanol–water partition coefficient (Wildman–Crippen LogP) is 4.03. The van der Waals surface area contributed by atoms with Crippen LogP contribution in [0.4, 0.5) is 5.69 Å². The van der Waals surface area contributed by atoms with Gasteiger partial charge in [-0.1, -0.05) is 6.07 Å². The number of furan rings is 1. The van der Waals surface area contributed by atoms with Gasteiger partial charge in [-0.25, -0.2) is 13.2 Å². The van der Waals surface area contributed by atoms with Gasteiger partial charge >= 0.3 is 5.97 Å². The number of rotatable bonds is 5. The van der Waals surface area contributed by atoms with E-state index in [4.69, 9.17) is 9.15 Å². The fraction of sp³-hybridized carbons (Fsp3) is 0.211. The number of aryl methyl sites for hydroxylation is 2. The molecule has 0 aliphatic rings. The van der Waals surface area contributed by atoms with Gasteiger partial charge in [-0.15, -0.1) is 0 Å². The number of hydrogen-bond acceptors (Lipinski definition) is 8. The second-order valence-electron chi connectivity index (χ2n) is 6.43. The topological polar surface area (TPSA) is 111 Å². The van der Waals surface area contributed by atoms with E-state index >= 15 is 0 Å². The fourth-order valence-corrected chi connectivity index (χ4v) is 4.74. The van der Waals surface area contributed by atoms with Crippen molar-refractivity contribution in [3.63, 3.8) is 0 Å². The first-order chi connectivity index (χ1) is 13.8. The summed E-state index contributed by atoms with van der Waals surface area (Å²) in [5, 5.41) is 0.529. The molecule has 0 aliphatic heterocycles. The molecule has 0 bridgehead atoms. The van der Waals surface area contributed by atoms with E-state index in [9.17, 15) is 13.2 Å². The average Bonchev–Trinajstić information content (AvgIpc) is 3.29. The Balaban J connectivity index is 1.77. The Kier molecular flexibility index (Phi) is 4.75. The molecule has 1 N–H and O–H groups in total. The Morgan fingerprint density at radius 3 is 2.76 bits per heavy atom. The molecule has 4 rings (SSSR count). The van der Waals surface area contributed by atoms with Crippen LogP contribution in [0.3, 0.4) is 0 Å². The summed E-state index contributed by atoms with van der Waals surface area (Å²) in [5.74, 6) is -0.513. The molecule has 29 heavy (non-hydrogen) atoms. The maximum atomic E-state index is 13.0. The summed E-state index contributed by atoms with van der Waals surface area (Å²) in [5.41, 5.74) is 3.19. The first-order valence-corrected chi connectivity index (χ1v) is 11.0. The third-order valence-electron chi connectivity index (χ3n) is 4.55. The van der Waals surface area contributed by atoms with Gasteiger partial charge in [0.15, 0.2) is 0 Å². The molecule has 2 aromatic carbocycles. The maximum absolute atomic E-state index is 13.0. The zero-order valence-corrected chi connectivity index (χ0v) is 17.5. The van der Waals surface area contributed by atoms with Crippen molar-refractivity contribution in [1.82, 2.24) is 8.75 Å². The Hall–Kier alpha value is -2.98. The van der Waals surface area contributed by atoms with E-state index < -0.39 is 16.0 Å². The van der Waals surface area contributed by atoms with Gasteiger partial charge in [0.1, 0.15) is 16.6 Å². The predicted molar refractivity (Wildman–Crippen MR) is 110 cm³/mol. The van der Waals surface area contributed by atoms with Gasteiger partial charge in [-0.2, -0.15) is 8.75 Å². The standard InChI is InChI=1S/C19H17N3O5S2/c1-4-26-19(23)18-11(3)13-9-12(6-8-15(13)27-18)29(24,25)22-16-10(2)5-7-14-17(16)21-28-20-14/h5-9,22H,4H2,1-3H3. The minimum atomic E-state index is -3.91. The number of sulfonamides is 1. The molecule has 0 amide bonds. The molecule has 150 valence electrons. The smallest absolute Gasteiger partial charge is 0.374 e. The van der Waals surface area contributed by atoms with Crippen molar-refractivity contribution < 1.29 is 22.4 Å². The van der Waals surface area contributed by atoms with Gasteiger partial charge < -0.3 is 9.15 Å². The number of ether oxygens (including phenoxy) is 1. The summed E-state index contributed by atoms with van der Waals surface area (Å²) < 4.78 is 47.6. The molecule has 0 fully saturated rings. The molecule has 0 aliphatic carbocycles. The minimum Gasteiger partial charge on any atom is -0.460 e. The number of aromatic nitrogens is 2. The Morgan fingerprint density at radius 1 is 1.21 bits per heavy atom. The molecule has 0 saturated heterocycles. The van der Waals surface area contributed by atoms with Gasteiger partial charge in [0.2, 0.25) is 5.76 Å². The molecule has 0 atom stereocenters. The van der Waals surface area contributed by atoms with Crippen LogP contribution >= 0.6 is 11.7 Å². The van der Waals surface area contributed by atoms with Gasteiger partial charge in [0.25, 0.3) is 10.0 Å². The van der Waals surface area contributed by atoms with Crippen LogP contribution in [-0.4, -0.2) is 29.7 Å². The van der Waals surface area contributed by atoms with E-state index in [1.165, 1.54) is 18.2 Å². The first kappa shape index (κ1) is 19.3. The van der Waals surface area contributed by atoms with Gasteiger partial charge in [-0.3, -0.25) is 4.72 Å². The van der Waals surface area contributed by atoms with Crippen LogP contribution < -0.4 is 4.72 Å². The molecule has 0 saturated carbocycles. The highest BCUT2D eigenvalue weighted by molar-refractivity contribution is 7.92. The first-order valence-electron chi connectivity index (χ1n) is 8.76. The molecule has 0 unspecified atom stereocenters. The Morgan fingerprint density at radius 2 is 2.00 bits per heavy atom. The van der Waals surface area contributed by atoms with Gasteiger partial charge in [-0.05, 0) is 50.6 Å². The number of carbonyl (C=O) groups excluding carboxylic acids is 1. The van der Waals surface area contributed by atoms with Gasteiger partial charge in [0, 0.05) is 10.9 Å². The quantitative estimate of drug-likeness (QED) is 0.475. The molecule has 10 heteroatoms. The lowest BCUT2D eigenvalue weighted by Gasteiger charge is -2.11. The normalized spacial score (nSPS) is 11.8. The second kappa shape index (κ2) is 7.12. The Labute approximate surface area is 170 Å². The van der Waals surface area contributed by atoms with E-state index in [-0.39, 0.29) is 17.3 Å². The van der Waals surface area contributed by atoms with Gasteiger partial charge in [0.05, 0.1) is 28.9 Å². The second-order valence-corrected chi connectivity index (χ2v) is 8.64. The van der Waals surface area contributed by atoms with Crippen LogP contribution in [0.15, 0.2) is 39.6 Å². The number of nitrogens with zero attached hydrogens (tertiary/aromatic N) is 2.